The molecule has 0 saturated heterocycles. The van der Waals surface area contributed by atoms with Gasteiger partial charge in [0.05, 0.1) is 4.90 Å². The van der Waals surface area contributed by atoms with Crippen molar-refractivity contribution in [2.45, 2.75) is 44.0 Å². The minimum atomic E-state index is -3.48. The van der Waals surface area contributed by atoms with Gasteiger partial charge >= 0.3 is 0 Å². The van der Waals surface area contributed by atoms with Gasteiger partial charge < -0.3 is 5.73 Å². The summed E-state index contributed by atoms with van der Waals surface area (Å²) in [7, 11) is -3.48. The maximum Gasteiger partial charge on any atom is 0.240 e. The van der Waals surface area contributed by atoms with Crippen molar-refractivity contribution in [1.82, 2.24) is 9.71 Å². The highest BCUT2D eigenvalue weighted by Gasteiger charge is 2.17. The van der Waals surface area contributed by atoms with E-state index in [1.165, 1.54) is 18.3 Å². The van der Waals surface area contributed by atoms with E-state index in [1.807, 2.05) is 6.92 Å². The maximum atomic E-state index is 12.0. The van der Waals surface area contributed by atoms with Crippen LogP contribution in [-0.4, -0.2) is 19.4 Å². The molecule has 96 valence electrons. The zero-order valence-corrected chi connectivity index (χ0v) is 11.0. The van der Waals surface area contributed by atoms with Crippen molar-refractivity contribution < 1.29 is 8.42 Å². The van der Waals surface area contributed by atoms with Gasteiger partial charge in [-0.25, -0.2) is 18.1 Å². The molecule has 0 spiro atoms. The molecule has 6 heteroatoms. The molecule has 17 heavy (non-hydrogen) atoms. The van der Waals surface area contributed by atoms with E-state index in [0.29, 0.717) is 0 Å². The summed E-state index contributed by atoms with van der Waals surface area (Å²) < 4.78 is 26.6. The van der Waals surface area contributed by atoms with Crippen molar-refractivity contribution in [3.8, 4) is 0 Å². The number of sulfonamides is 1. The van der Waals surface area contributed by atoms with Gasteiger partial charge in [-0.2, -0.15) is 0 Å². The lowest BCUT2D eigenvalue weighted by Crippen LogP contribution is -2.32. The highest BCUT2D eigenvalue weighted by Crippen LogP contribution is 2.12. The fourth-order valence-electron chi connectivity index (χ4n) is 1.50. The van der Waals surface area contributed by atoms with Crippen LogP contribution in [0.2, 0.25) is 0 Å². The van der Waals surface area contributed by atoms with E-state index in [1.54, 1.807) is 0 Å². The first kappa shape index (κ1) is 13.9. The zero-order chi connectivity index (χ0) is 12.9. The summed E-state index contributed by atoms with van der Waals surface area (Å²) in [6.45, 7) is 3.93. The van der Waals surface area contributed by atoms with Gasteiger partial charge in [0.1, 0.15) is 5.82 Å². The van der Waals surface area contributed by atoms with Crippen LogP contribution >= 0.6 is 0 Å². The standard InChI is InChI=1S/C11H19N3O2S/c1-3-4-5-9(2)14-17(15,16)10-6-7-13-11(12)8-10/h6-9,14H,3-5H2,1-2H3,(H2,12,13). The lowest BCUT2D eigenvalue weighted by molar-refractivity contribution is 0.534. The highest BCUT2D eigenvalue weighted by atomic mass is 32.2. The summed E-state index contributed by atoms with van der Waals surface area (Å²) in [5, 5.41) is 0. The molecule has 1 heterocycles. The Morgan fingerprint density at radius 1 is 1.53 bits per heavy atom. The van der Waals surface area contributed by atoms with E-state index in [-0.39, 0.29) is 16.8 Å². The predicted molar refractivity (Wildman–Crippen MR) is 68.0 cm³/mol. The van der Waals surface area contributed by atoms with Crippen LogP contribution in [-0.2, 0) is 10.0 Å². The average molecular weight is 257 g/mol. The molecule has 5 nitrogen and oxygen atoms in total. The maximum absolute atomic E-state index is 12.0. The Bertz CT molecular complexity index is 460. The normalized spacial score (nSPS) is 13.5. The summed E-state index contributed by atoms with van der Waals surface area (Å²) in [5.41, 5.74) is 5.46. The molecule has 0 bridgehead atoms. The minimum absolute atomic E-state index is 0.0747. The molecule has 0 aromatic carbocycles. The van der Waals surface area contributed by atoms with Crippen LogP contribution in [0.4, 0.5) is 5.82 Å². The molecule has 1 aromatic rings. The number of unbranched alkanes of at least 4 members (excludes halogenated alkanes) is 1. The molecule has 0 saturated carbocycles. The van der Waals surface area contributed by atoms with E-state index in [4.69, 9.17) is 5.73 Å². The number of aromatic nitrogens is 1. The largest absolute Gasteiger partial charge is 0.384 e. The van der Waals surface area contributed by atoms with Crippen LogP contribution in [0.5, 0.6) is 0 Å². The van der Waals surface area contributed by atoms with Crippen LogP contribution in [0.1, 0.15) is 33.1 Å². The Morgan fingerprint density at radius 3 is 2.82 bits per heavy atom. The molecule has 0 amide bonds. The molecule has 0 fully saturated rings. The smallest absolute Gasteiger partial charge is 0.240 e. The fourth-order valence-corrected chi connectivity index (χ4v) is 2.80. The SMILES string of the molecule is CCCCC(C)NS(=O)(=O)c1ccnc(N)c1. The fraction of sp³-hybridized carbons (Fsp3) is 0.545. The highest BCUT2D eigenvalue weighted by molar-refractivity contribution is 7.89. The van der Waals surface area contributed by atoms with Gasteiger partial charge in [0.25, 0.3) is 0 Å². The summed E-state index contributed by atoms with van der Waals surface area (Å²) in [6, 6.07) is 2.72. The first-order valence-corrected chi connectivity index (χ1v) is 7.18. The number of nitrogens with two attached hydrogens (primary N) is 1. The predicted octanol–water partition coefficient (Wildman–Crippen LogP) is 1.52. The lowest BCUT2D eigenvalue weighted by Gasteiger charge is -2.13. The number of hydrogen-bond acceptors (Lipinski definition) is 4. The summed E-state index contributed by atoms with van der Waals surface area (Å²) in [4.78, 5) is 3.93. The molecule has 1 aromatic heterocycles. The third-order valence-electron chi connectivity index (χ3n) is 2.41. The Labute approximate surface area is 102 Å². The number of hydrogen-bond donors (Lipinski definition) is 2. The molecular formula is C11H19N3O2S. The number of rotatable bonds is 6. The molecule has 1 unspecified atom stereocenters. The summed E-state index contributed by atoms with van der Waals surface area (Å²) in [6.07, 6.45) is 4.27. The van der Waals surface area contributed by atoms with Gasteiger partial charge in [0.2, 0.25) is 10.0 Å². The first-order chi connectivity index (χ1) is 7.95. The molecule has 0 aliphatic rings. The number of nitrogens with one attached hydrogen (secondary N) is 1. The van der Waals surface area contributed by atoms with E-state index >= 15 is 0 Å². The van der Waals surface area contributed by atoms with Crippen LogP contribution in [0.25, 0.3) is 0 Å². The molecule has 0 aliphatic heterocycles. The zero-order valence-electron chi connectivity index (χ0n) is 10.2. The second-order valence-electron chi connectivity index (χ2n) is 4.08. The van der Waals surface area contributed by atoms with Crippen molar-refractivity contribution in [2.24, 2.45) is 0 Å². The third kappa shape index (κ3) is 4.32. The summed E-state index contributed by atoms with van der Waals surface area (Å²) >= 11 is 0. The first-order valence-electron chi connectivity index (χ1n) is 5.69. The topological polar surface area (TPSA) is 85.1 Å². The van der Waals surface area contributed by atoms with Gasteiger partial charge in [0, 0.05) is 18.3 Å². The van der Waals surface area contributed by atoms with Crippen molar-refractivity contribution in [1.29, 1.82) is 0 Å². The van der Waals surface area contributed by atoms with Crippen LogP contribution in [0.3, 0.4) is 0 Å². The average Bonchev–Trinajstić information content (AvgIpc) is 2.26. The van der Waals surface area contributed by atoms with Crippen molar-refractivity contribution in [3.63, 3.8) is 0 Å². The minimum Gasteiger partial charge on any atom is -0.384 e. The Morgan fingerprint density at radius 2 is 2.24 bits per heavy atom. The van der Waals surface area contributed by atoms with E-state index < -0.39 is 10.0 Å². The van der Waals surface area contributed by atoms with Crippen molar-refractivity contribution in [3.05, 3.63) is 18.3 Å². The van der Waals surface area contributed by atoms with Crippen molar-refractivity contribution >= 4 is 15.8 Å². The van der Waals surface area contributed by atoms with Crippen LogP contribution in [0.15, 0.2) is 23.2 Å². The van der Waals surface area contributed by atoms with Crippen LogP contribution in [0, 0.1) is 0 Å². The van der Waals surface area contributed by atoms with E-state index in [9.17, 15) is 8.42 Å². The number of nitrogen functional groups attached to an aromatic ring is 1. The van der Waals surface area contributed by atoms with E-state index in [0.717, 1.165) is 19.3 Å². The van der Waals surface area contributed by atoms with Crippen LogP contribution < -0.4 is 10.5 Å². The van der Waals surface area contributed by atoms with Gasteiger partial charge in [-0.05, 0) is 19.4 Å². The number of pyridine rings is 1. The number of anilines is 1. The molecular weight excluding hydrogens is 238 g/mol. The van der Waals surface area contributed by atoms with Crippen molar-refractivity contribution in [2.75, 3.05) is 5.73 Å². The quantitative estimate of drug-likeness (QED) is 0.809. The summed E-state index contributed by atoms with van der Waals surface area (Å²) in [5.74, 6) is 0.203. The second kappa shape index (κ2) is 5.97. The molecule has 1 atom stereocenters. The van der Waals surface area contributed by atoms with Gasteiger partial charge in [-0.1, -0.05) is 19.8 Å². The monoisotopic (exact) mass is 257 g/mol. The Hall–Kier alpha value is -1.14. The third-order valence-corrected chi connectivity index (χ3v) is 4.00. The Kier molecular flexibility index (Phi) is 4.89. The Balaban J connectivity index is 2.75. The number of nitrogens with zero attached hydrogens (tertiary/aromatic N) is 1. The second-order valence-corrected chi connectivity index (χ2v) is 5.79. The lowest BCUT2D eigenvalue weighted by atomic mass is 10.2. The van der Waals surface area contributed by atoms with E-state index in [2.05, 4.69) is 16.6 Å². The van der Waals surface area contributed by atoms with Gasteiger partial charge in [0.15, 0.2) is 0 Å². The molecule has 0 aliphatic carbocycles. The molecule has 1 rings (SSSR count). The van der Waals surface area contributed by atoms with Gasteiger partial charge in [-0.15, -0.1) is 0 Å². The molecule has 0 radical (unpaired) electrons. The molecule has 3 N–H and O–H groups in total. The van der Waals surface area contributed by atoms with Gasteiger partial charge in [-0.3, -0.25) is 0 Å².